The maximum absolute atomic E-state index is 17.3. The highest BCUT2D eigenvalue weighted by Gasteiger charge is 2.77. The van der Waals surface area contributed by atoms with Gasteiger partial charge in [-0.05, 0) is 62.8 Å². The molecule has 35 heavy (non-hydrogen) atoms. The van der Waals surface area contributed by atoms with Crippen LogP contribution < -0.4 is 0 Å². The van der Waals surface area contributed by atoms with Crippen molar-refractivity contribution < 1.29 is 33.0 Å². The average Bonchev–Trinajstić information content (AvgIpc) is 3.42. The van der Waals surface area contributed by atoms with Crippen LogP contribution in [0.1, 0.15) is 57.0 Å². The number of Topliss-reactive ketones (excluding diaryl/α,β-unsaturated/α-hetero) is 1. The zero-order valence-corrected chi connectivity index (χ0v) is 20.8. The number of carbonyl (C=O) groups excluding carboxylic acids is 3. The topological polar surface area (TPSA) is 93.8 Å². The van der Waals surface area contributed by atoms with Crippen LogP contribution in [0, 0.1) is 28.6 Å². The molecule has 0 aromatic carbocycles. The predicted octanol–water partition coefficient (Wildman–Crippen LogP) is 4.60. The van der Waals surface area contributed by atoms with Crippen molar-refractivity contribution in [3.8, 4) is 0 Å². The zero-order valence-electron chi connectivity index (χ0n) is 20.1. The fourth-order valence-corrected chi connectivity index (χ4v) is 8.29. The van der Waals surface area contributed by atoms with Gasteiger partial charge < -0.3 is 14.3 Å². The molecule has 1 N–H and O–H groups in total. The average molecular weight is 505 g/mol. The summed E-state index contributed by atoms with van der Waals surface area (Å²) in [5.74, 6) is -3.26. The number of rotatable bonds is 4. The number of fused-ring (bicyclic) bond motifs is 5. The molecule has 6 nitrogen and oxygen atoms in total. The highest BCUT2D eigenvalue weighted by atomic mass is 35.5. The molecule has 1 aromatic heterocycles. The molecule has 8 atom stereocenters. The Morgan fingerprint density at radius 1 is 1.31 bits per heavy atom. The standard InChI is InChI=1S/C27H30ClFO6/c1-15-11-19-18-7-6-16-12-17(30)8-9-24(16,2)26(18,29)21(31)13-25(19,3)27(15,22(32)14-28)35-23(33)20-5-4-10-34-20/h4-5,8-10,12,15,18-19,21,31H,6-7,11,13-14H2,1-3H3/t15-,18?,19?,21?,24?,25?,26-,27-/m0/s1. The van der Waals surface area contributed by atoms with Gasteiger partial charge in [0.1, 0.15) is 0 Å². The minimum Gasteiger partial charge on any atom is -0.457 e. The zero-order chi connectivity index (χ0) is 25.4. The quantitative estimate of drug-likeness (QED) is 0.476. The van der Waals surface area contributed by atoms with E-state index in [1.165, 1.54) is 24.5 Å². The monoisotopic (exact) mass is 504 g/mol. The molecule has 3 saturated carbocycles. The normalized spacial score (nSPS) is 44.2. The number of esters is 1. The van der Waals surface area contributed by atoms with Gasteiger partial charge in [-0.15, -0.1) is 11.6 Å². The molecule has 1 heterocycles. The number of halogens is 2. The molecule has 0 saturated heterocycles. The maximum Gasteiger partial charge on any atom is 0.375 e. The van der Waals surface area contributed by atoms with E-state index in [1.807, 2.05) is 13.8 Å². The number of ketones is 2. The smallest absolute Gasteiger partial charge is 0.375 e. The Labute approximate surface area is 208 Å². The van der Waals surface area contributed by atoms with Gasteiger partial charge in [0.05, 0.1) is 18.2 Å². The minimum atomic E-state index is -2.04. The van der Waals surface area contributed by atoms with Crippen molar-refractivity contribution >= 4 is 29.1 Å². The summed E-state index contributed by atoms with van der Waals surface area (Å²) in [4.78, 5) is 38.6. The first-order chi connectivity index (χ1) is 16.5. The molecule has 5 unspecified atom stereocenters. The number of hydrogen-bond acceptors (Lipinski definition) is 6. The van der Waals surface area contributed by atoms with Crippen LogP contribution in [-0.4, -0.2) is 45.9 Å². The largest absolute Gasteiger partial charge is 0.457 e. The van der Waals surface area contributed by atoms with E-state index in [0.29, 0.717) is 24.8 Å². The number of furan rings is 1. The Balaban J connectivity index is 1.61. The van der Waals surface area contributed by atoms with Gasteiger partial charge in [0.15, 0.2) is 22.8 Å². The van der Waals surface area contributed by atoms with Crippen molar-refractivity contribution in [2.45, 2.75) is 63.8 Å². The van der Waals surface area contributed by atoms with Crippen LogP contribution >= 0.6 is 11.6 Å². The Kier molecular flexibility index (Phi) is 5.50. The lowest BCUT2D eigenvalue weighted by atomic mass is 9.44. The number of hydrogen-bond donors (Lipinski definition) is 1. The highest BCUT2D eigenvalue weighted by molar-refractivity contribution is 6.29. The van der Waals surface area contributed by atoms with E-state index in [-0.39, 0.29) is 29.8 Å². The first kappa shape index (κ1) is 24.4. The van der Waals surface area contributed by atoms with Crippen LogP contribution in [0.2, 0.25) is 0 Å². The molecule has 1 aromatic rings. The van der Waals surface area contributed by atoms with Crippen LogP contribution in [-0.2, 0) is 14.3 Å². The number of aliphatic hydroxyl groups is 1. The fraction of sp³-hybridized carbons (Fsp3) is 0.593. The molecule has 8 heteroatoms. The number of ether oxygens (including phenoxy) is 1. The lowest BCUT2D eigenvalue weighted by Crippen LogP contribution is -2.70. The van der Waals surface area contributed by atoms with Gasteiger partial charge in [-0.25, -0.2) is 9.18 Å². The Bertz CT molecular complexity index is 1140. The molecule has 0 amide bonds. The molecular weight excluding hydrogens is 475 g/mol. The van der Waals surface area contributed by atoms with Gasteiger partial charge in [-0.1, -0.05) is 25.5 Å². The van der Waals surface area contributed by atoms with E-state index in [1.54, 1.807) is 19.1 Å². The molecular formula is C27H30ClFO6. The summed E-state index contributed by atoms with van der Waals surface area (Å²) < 4.78 is 28.5. The van der Waals surface area contributed by atoms with E-state index in [2.05, 4.69) is 0 Å². The number of carbonyl (C=O) groups is 3. The van der Waals surface area contributed by atoms with Crippen molar-refractivity contribution in [1.82, 2.24) is 0 Å². The highest BCUT2D eigenvalue weighted by Crippen LogP contribution is 2.71. The third-order valence-corrected chi connectivity index (χ3v) is 9.94. The van der Waals surface area contributed by atoms with Crippen molar-refractivity contribution in [2.24, 2.45) is 28.6 Å². The SMILES string of the molecule is C[C@H]1CC2C3CCC4=CC(=O)C=CC4(C)[C@@]3(F)C(O)CC2(C)[C@@]1(OC(=O)c1ccco1)C(=O)CCl. The van der Waals surface area contributed by atoms with Crippen molar-refractivity contribution in [2.75, 3.05) is 5.88 Å². The van der Waals surface area contributed by atoms with Gasteiger partial charge >= 0.3 is 5.97 Å². The number of alkyl halides is 2. The molecule has 5 rings (SSSR count). The Morgan fingerprint density at radius 3 is 2.71 bits per heavy atom. The number of allylic oxidation sites excluding steroid dienone is 4. The summed E-state index contributed by atoms with van der Waals surface area (Å²) in [6.45, 7) is 5.38. The van der Waals surface area contributed by atoms with Crippen LogP contribution in [0.3, 0.4) is 0 Å². The predicted molar refractivity (Wildman–Crippen MR) is 125 cm³/mol. The summed E-state index contributed by atoms with van der Waals surface area (Å²) in [6.07, 6.45) is 5.62. The van der Waals surface area contributed by atoms with Crippen LogP contribution in [0.15, 0.2) is 46.6 Å². The lowest BCUT2D eigenvalue weighted by Gasteiger charge is -2.62. The molecule has 0 spiro atoms. The molecule has 4 aliphatic rings. The molecule has 188 valence electrons. The summed E-state index contributed by atoms with van der Waals surface area (Å²) in [5.41, 5.74) is -5.18. The molecule has 0 radical (unpaired) electrons. The van der Waals surface area contributed by atoms with E-state index in [0.717, 1.165) is 0 Å². The lowest BCUT2D eigenvalue weighted by molar-refractivity contribution is -0.218. The van der Waals surface area contributed by atoms with Crippen LogP contribution in [0.25, 0.3) is 0 Å². The van der Waals surface area contributed by atoms with Gasteiger partial charge in [0, 0.05) is 22.7 Å². The van der Waals surface area contributed by atoms with Crippen molar-refractivity contribution in [3.63, 3.8) is 0 Å². The van der Waals surface area contributed by atoms with Gasteiger partial charge in [0.25, 0.3) is 0 Å². The third-order valence-electron chi connectivity index (χ3n) is 9.69. The van der Waals surface area contributed by atoms with Crippen molar-refractivity contribution in [1.29, 1.82) is 0 Å². The summed E-state index contributed by atoms with van der Waals surface area (Å²) >= 11 is 6.07. The van der Waals surface area contributed by atoms with Gasteiger partial charge in [0.2, 0.25) is 5.76 Å². The molecule has 3 fully saturated rings. The van der Waals surface area contributed by atoms with E-state index in [4.69, 9.17) is 20.8 Å². The van der Waals surface area contributed by atoms with E-state index < -0.39 is 51.8 Å². The van der Waals surface area contributed by atoms with E-state index >= 15 is 4.39 Å². The minimum absolute atomic E-state index is 0.0424. The second kappa shape index (κ2) is 7.87. The second-order valence-corrected chi connectivity index (χ2v) is 11.3. The third kappa shape index (κ3) is 2.94. The van der Waals surface area contributed by atoms with E-state index in [9.17, 15) is 19.5 Å². The molecule has 0 bridgehead atoms. The van der Waals surface area contributed by atoms with Crippen molar-refractivity contribution in [3.05, 3.63) is 48.0 Å². The summed E-state index contributed by atoms with van der Waals surface area (Å²) in [7, 11) is 0. The second-order valence-electron chi connectivity index (χ2n) is 11.1. The maximum atomic E-state index is 17.3. The first-order valence-corrected chi connectivity index (χ1v) is 12.7. The van der Waals surface area contributed by atoms with Crippen LogP contribution in [0.5, 0.6) is 0 Å². The Morgan fingerprint density at radius 2 is 2.06 bits per heavy atom. The molecule has 0 aliphatic heterocycles. The number of aliphatic hydroxyl groups excluding tert-OH is 1. The first-order valence-electron chi connectivity index (χ1n) is 12.1. The molecule has 4 aliphatic carbocycles. The summed E-state index contributed by atoms with van der Waals surface area (Å²) in [5, 5.41) is 11.5. The fourth-order valence-electron chi connectivity index (χ4n) is 8.09. The van der Waals surface area contributed by atoms with Crippen LogP contribution in [0.4, 0.5) is 4.39 Å². The van der Waals surface area contributed by atoms with Gasteiger partial charge in [-0.3, -0.25) is 9.59 Å². The Hall–Kier alpha value is -2.25. The summed E-state index contributed by atoms with van der Waals surface area (Å²) in [6, 6.07) is 3.00. The van der Waals surface area contributed by atoms with Gasteiger partial charge in [-0.2, -0.15) is 0 Å².